The van der Waals surface area contributed by atoms with Crippen LogP contribution in [0.4, 0.5) is 10.2 Å². The highest BCUT2D eigenvalue weighted by molar-refractivity contribution is 9.10. The fourth-order valence-corrected chi connectivity index (χ4v) is 5.42. The molecule has 4 aromatic rings. The summed E-state index contributed by atoms with van der Waals surface area (Å²) in [5, 5.41) is 4.48. The molecule has 0 spiro atoms. The number of hydrogen-bond donors (Lipinski definition) is 1. The molecule has 1 saturated carbocycles. The third-order valence-corrected chi connectivity index (χ3v) is 7.68. The van der Waals surface area contributed by atoms with E-state index in [1.54, 1.807) is 36.2 Å². The van der Waals surface area contributed by atoms with E-state index in [1.165, 1.54) is 13.2 Å². The van der Waals surface area contributed by atoms with Gasteiger partial charge in [-0.25, -0.2) is 9.37 Å². The van der Waals surface area contributed by atoms with E-state index in [2.05, 4.69) is 26.0 Å². The predicted octanol–water partition coefficient (Wildman–Crippen LogP) is 5.64. The normalized spacial score (nSPS) is 17.8. The van der Waals surface area contributed by atoms with Crippen molar-refractivity contribution in [3.05, 3.63) is 58.7 Å². The molecule has 8 nitrogen and oxygen atoms in total. The molecule has 2 N–H and O–H groups in total. The van der Waals surface area contributed by atoms with Crippen molar-refractivity contribution in [2.45, 2.75) is 37.7 Å². The minimum Gasteiger partial charge on any atom is -0.494 e. The Bertz CT molecular complexity index is 1390. The molecule has 0 amide bonds. The fourth-order valence-electron chi connectivity index (χ4n) is 4.84. The van der Waals surface area contributed by atoms with Crippen LogP contribution in [0.1, 0.15) is 37.3 Å². The Balaban J connectivity index is 1.40. The minimum absolute atomic E-state index is 0.199. The van der Waals surface area contributed by atoms with Gasteiger partial charge in [0.15, 0.2) is 17.2 Å². The molecule has 0 radical (unpaired) electrons. The van der Waals surface area contributed by atoms with E-state index in [4.69, 9.17) is 24.9 Å². The Kier molecular flexibility index (Phi) is 7.68. The summed E-state index contributed by atoms with van der Waals surface area (Å²) in [7, 11) is 3.12. The van der Waals surface area contributed by atoms with Crippen LogP contribution < -0.4 is 10.5 Å². The highest BCUT2D eigenvalue weighted by Gasteiger charge is 2.27. The SMILES string of the molecule is COCCOC1CCC(c2nc3c(-c4ccc(-c5ccc(OC)c(F)c5)nc4)cnn3c(N)c2Br)CC1. The number of pyridine rings is 1. The Hall–Kier alpha value is -3.08. The second-order valence-electron chi connectivity index (χ2n) is 9.11. The van der Waals surface area contributed by atoms with E-state index < -0.39 is 5.82 Å². The smallest absolute Gasteiger partial charge is 0.165 e. The van der Waals surface area contributed by atoms with Crippen molar-refractivity contribution in [3.8, 4) is 28.1 Å². The van der Waals surface area contributed by atoms with Crippen LogP contribution in [0, 0.1) is 5.82 Å². The molecule has 0 unspecified atom stereocenters. The van der Waals surface area contributed by atoms with Gasteiger partial charge in [-0.05, 0) is 65.9 Å². The molecule has 194 valence electrons. The maximum Gasteiger partial charge on any atom is 0.165 e. The van der Waals surface area contributed by atoms with Crippen molar-refractivity contribution >= 4 is 27.4 Å². The van der Waals surface area contributed by atoms with Gasteiger partial charge >= 0.3 is 0 Å². The Morgan fingerprint density at radius 1 is 1.05 bits per heavy atom. The minimum atomic E-state index is -0.429. The van der Waals surface area contributed by atoms with Gasteiger partial charge in [0.25, 0.3) is 0 Å². The maximum atomic E-state index is 14.2. The first-order valence-corrected chi connectivity index (χ1v) is 13.0. The lowest BCUT2D eigenvalue weighted by Gasteiger charge is -2.29. The third-order valence-electron chi connectivity index (χ3n) is 6.87. The van der Waals surface area contributed by atoms with Gasteiger partial charge in [-0.3, -0.25) is 4.98 Å². The lowest BCUT2D eigenvalue weighted by atomic mass is 9.85. The molecule has 0 saturated heterocycles. The second-order valence-corrected chi connectivity index (χ2v) is 9.90. The highest BCUT2D eigenvalue weighted by atomic mass is 79.9. The molecule has 5 rings (SSSR count). The Morgan fingerprint density at radius 3 is 2.51 bits per heavy atom. The summed E-state index contributed by atoms with van der Waals surface area (Å²) in [6.07, 6.45) is 7.62. The summed E-state index contributed by atoms with van der Waals surface area (Å²) in [4.78, 5) is 9.59. The average Bonchev–Trinajstić information content (AvgIpc) is 3.35. The molecule has 1 aromatic carbocycles. The molecular weight excluding hydrogens is 541 g/mol. The number of ether oxygens (including phenoxy) is 3. The summed E-state index contributed by atoms with van der Waals surface area (Å²) in [6, 6.07) is 8.58. The van der Waals surface area contributed by atoms with Gasteiger partial charge < -0.3 is 19.9 Å². The number of nitrogens with two attached hydrogens (primary N) is 1. The first-order chi connectivity index (χ1) is 18.0. The molecule has 37 heavy (non-hydrogen) atoms. The van der Waals surface area contributed by atoms with Crippen molar-refractivity contribution < 1.29 is 18.6 Å². The summed E-state index contributed by atoms with van der Waals surface area (Å²) in [6.45, 7) is 1.23. The molecule has 3 heterocycles. The fraction of sp³-hybridized carbons (Fsp3) is 0.370. The zero-order chi connectivity index (χ0) is 25.9. The summed E-state index contributed by atoms with van der Waals surface area (Å²) >= 11 is 3.67. The molecule has 0 bridgehead atoms. The monoisotopic (exact) mass is 569 g/mol. The third kappa shape index (κ3) is 5.18. The topological polar surface area (TPSA) is 96.8 Å². The van der Waals surface area contributed by atoms with E-state index in [0.29, 0.717) is 35.9 Å². The lowest BCUT2D eigenvalue weighted by molar-refractivity contribution is -0.00299. The molecule has 0 aliphatic heterocycles. The van der Waals surface area contributed by atoms with Crippen molar-refractivity contribution in [2.24, 2.45) is 0 Å². The quantitative estimate of drug-likeness (QED) is 0.274. The standard InChI is InChI=1S/C27H29BrFN5O3/c1-35-11-12-37-19-7-3-16(4-8-19)25-24(28)26(30)34-27(33-25)20(15-32-34)18-5-9-22(31-14-18)17-6-10-23(36-2)21(29)13-17/h5-6,9-10,13-16,19H,3-4,7-8,11-12,30H2,1-2H3. The highest BCUT2D eigenvalue weighted by Crippen LogP contribution is 2.39. The summed E-state index contributed by atoms with van der Waals surface area (Å²) in [5.41, 5.74) is 11.1. The number of nitrogens with zero attached hydrogens (tertiary/aromatic N) is 4. The molecule has 1 aliphatic rings. The molecule has 0 atom stereocenters. The zero-order valence-electron chi connectivity index (χ0n) is 20.8. The maximum absolute atomic E-state index is 14.2. The van der Waals surface area contributed by atoms with Crippen LogP contribution in [0.2, 0.25) is 0 Å². The second kappa shape index (κ2) is 11.1. The van der Waals surface area contributed by atoms with Crippen LogP contribution >= 0.6 is 15.9 Å². The number of nitrogen functional groups attached to an aromatic ring is 1. The van der Waals surface area contributed by atoms with Gasteiger partial charge in [-0.1, -0.05) is 6.07 Å². The Labute approximate surface area is 223 Å². The number of halogens is 2. The van der Waals surface area contributed by atoms with Gasteiger partial charge in [-0.15, -0.1) is 0 Å². The van der Waals surface area contributed by atoms with Gasteiger partial charge in [0.1, 0.15) is 5.82 Å². The zero-order valence-corrected chi connectivity index (χ0v) is 22.4. The van der Waals surface area contributed by atoms with Crippen molar-refractivity contribution in [3.63, 3.8) is 0 Å². The Morgan fingerprint density at radius 2 is 1.84 bits per heavy atom. The number of hydrogen-bond acceptors (Lipinski definition) is 7. The predicted molar refractivity (Wildman–Crippen MR) is 143 cm³/mol. The molecule has 1 aliphatic carbocycles. The number of anilines is 1. The van der Waals surface area contributed by atoms with Gasteiger partial charge in [-0.2, -0.15) is 9.61 Å². The number of rotatable bonds is 8. The van der Waals surface area contributed by atoms with E-state index in [9.17, 15) is 4.39 Å². The van der Waals surface area contributed by atoms with E-state index in [0.717, 1.165) is 47.0 Å². The van der Waals surface area contributed by atoms with Gasteiger partial charge in [0.05, 0.1) is 48.5 Å². The van der Waals surface area contributed by atoms with Gasteiger partial charge in [0.2, 0.25) is 0 Å². The van der Waals surface area contributed by atoms with Crippen LogP contribution in [0.15, 0.2) is 47.2 Å². The van der Waals surface area contributed by atoms with Crippen molar-refractivity contribution in [2.75, 3.05) is 33.2 Å². The van der Waals surface area contributed by atoms with Crippen LogP contribution in [0.25, 0.3) is 28.0 Å². The van der Waals surface area contributed by atoms with Crippen LogP contribution in [0.3, 0.4) is 0 Å². The van der Waals surface area contributed by atoms with Crippen LogP contribution in [-0.4, -0.2) is 53.1 Å². The van der Waals surface area contributed by atoms with E-state index in [-0.39, 0.29) is 17.8 Å². The molecule has 10 heteroatoms. The van der Waals surface area contributed by atoms with Crippen molar-refractivity contribution in [1.29, 1.82) is 0 Å². The summed E-state index contributed by atoms with van der Waals surface area (Å²) in [5.74, 6) is 0.562. The first-order valence-electron chi connectivity index (χ1n) is 12.2. The van der Waals surface area contributed by atoms with E-state index >= 15 is 0 Å². The molecule has 1 fully saturated rings. The molecular formula is C27H29BrFN5O3. The van der Waals surface area contributed by atoms with Crippen LogP contribution in [0.5, 0.6) is 5.75 Å². The average molecular weight is 570 g/mol. The van der Waals surface area contributed by atoms with Crippen molar-refractivity contribution in [1.82, 2.24) is 19.6 Å². The number of fused-ring (bicyclic) bond motifs is 1. The van der Waals surface area contributed by atoms with E-state index in [1.807, 2.05) is 12.1 Å². The van der Waals surface area contributed by atoms with Crippen LogP contribution in [-0.2, 0) is 9.47 Å². The first kappa shape index (κ1) is 25.6. The summed E-state index contributed by atoms with van der Waals surface area (Å²) < 4.78 is 32.6. The number of methoxy groups -OCH3 is 2. The molecule has 3 aromatic heterocycles. The largest absolute Gasteiger partial charge is 0.494 e. The lowest BCUT2D eigenvalue weighted by Crippen LogP contribution is -2.23. The van der Waals surface area contributed by atoms with Gasteiger partial charge in [0, 0.05) is 35.9 Å². The number of benzene rings is 1. The number of aromatic nitrogens is 4.